The highest BCUT2D eigenvalue weighted by atomic mass is 16.5. The first-order valence-corrected chi connectivity index (χ1v) is 8.95. The van der Waals surface area contributed by atoms with Crippen LogP contribution in [0, 0.1) is 0 Å². The quantitative estimate of drug-likeness (QED) is 0.589. The van der Waals surface area contributed by atoms with E-state index in [0.717, 1.165) is 22.8 Å². The fraction of sp³-hybridized carbons (Fsp3) is 0.286. The Morgan fingerprint density at radius 2 is 1.71 bits per heavy atom. The van der Waals surface area contributed by atoms with Crippen molar-refractivity contribution in [1.29, 1.82) is 0 Å². The van der Waals surface area contributed by atoms with Crippen LogP contribution in [0.5, 0.6) is 17.2 Å². The van der Waals surface area contributed by atoms with Gasteiger partial charge in [0.05, 0.1) is 32.7 Å². The Morgan fingerprint density at radius 1 is 1.04 bits per heavy atom. The average molecular weight is 383 g/mol. The molecule has 1 heterocycles. The highest BCUT2D eigenvalue weighted by Gasteiger charge is 2.14. The Morgan fingerprint density at radius 3 is 2.32 bits per heavy atom. The van der Waals surface area contributed by atoms with Crippen LogP contribution in [0.2, 0.25) is 0 Å². The second kappa shape index (κ2) is 9.14. The Kier molecular flexibility index (Phi) is 6.39. The average Bonchev–Trinajstić information content (AvgIpc) is 3.14. The van der Waals surface area contributed by atoms with Gasteiger partial charge in [-0.1, -0.05) is 30.3 Å². The molecule has 0 unspecified atom stereocenters. The van der Waals surface area contributed by atoms with Crippen LogP contribution in [0.1, 0.15) is 5.56 Å². The zero-order chi connectivity index (χ0) is 19.9. The Bertz CT molecular complexity index is 884. The van der Waals surface area contributed by atoms with Gasteiger partial charge in [0.25, 0.3) is 0 Å². The number of anilines is 1. The van der Waals surface area contributed by atoms with Crippen molar-refractivity contribution in [3.8, 4) is 28.5 Å². The molecule has 0 amide bonds. The number of nitrogens with one attached hydrogen (secondary N) is 1. The number of aromatic hydroxyl groups is 1. The van der Waals surface area contributed by atoms with E-state index in [9.17, 15) is 5.11 Å². The molecule has 1 aromatic heterocycles. The number of phenolic OH excluding ortho intramolecular Hbond substituents is 1. The molecule has 0 aliphatic heterocycles. The minimum absolute atomic E-state index is 0.0123. The van der Waals surface area contributed by atoms with Crippen LogP contribution in [-0.4, -0.2) is 42.6 Å². The third-order valence-electron chi connectivity index (χ3n) is 4.43. The zero-order valence-corrected chi connectivity index (χ0v) is 16.3. The number of benzene rings is 2. The van der Waals surface area contributed by atoms with Crippen molar-refractivity contribution in [3.63, 3.8) is 0 Å². The molecule has 0 aliphatic carbocycles. The molecular weight excluding hydrogens is 358 g/mol. The smallest absolute Gasteiger partial charge is 0.203 e. The molecule has 3 aromatic rings. The summed E-state index contributed by atoms with van der Waals surface area (Å²) in [6.07, 6.45) is 1.85. The van der Waals surface area contributed by atoms with Crippen LogP contribution in [0.3, 0.4) is 0 Å². The van der Waals surface area contributed by atoms with Crippen molar-refractivity contribution in [3.05, 3.63) is 54.2 Å². The summed E-state index contributed by atoms with van der Waals surface area (Å²) in [5, 5.41) is 13.4. The van der Waals surface area contributed by atoms with E-state index >= 15 is 0 Å². The summed E-state index contributed by atoms with van der Waals surface area (Å²) < 4.78 is 17.8. The fourth-order valence-corrected chi connectivity index (χ4v) is 3.00. The topological polar surface area (TPSA) is 77.8 Å². The second-order valence-electron chi connectivity index (χ2n) is 6.18. The normalized spacial score (nSPS) is 10.7. The Labute approximate surface area is 164 Å². The van der Waals surface area contributed by atoms with Crippen molar-refractivity contribution >= 4 is 5.95 Å². The molecule has 0 saturated carbocycles. The molecule has 148 valence electrons. The van der Waals surface area contributed by atoms with E-state index in [4.69, 9.17) is 14.2 Å². The third kappa shape index (κ3) is 4.20. The predicted octanol–water partition coefficient (Wildman–Crippen LogP) is 3.53. The molecular formula is C21H25N3O4. The van der Waals surface area contributed by atoms with Crippen LogP contribution in [0.15, 0.2) is 48.7 Å². The maximum absolute atomic E-state index is 10.1. The number of imidazole rings is 1. The fourth-order valence-electron chi connectivity index (χ4n) is 3.00. The van der Waals surface area contributed by atoms with Gasteiger partial charge in [0.1, 0.15) is 0 Å². The van der Waals surface area contributed by atoms with Gasteiger partial charge in [0, 0.05) is 20.2 Å². The standard InChI is InChI=1S/C21H25N3O4/c1-26-10-9-24-17(16-7-5-4-6-8-16)14-23-21(24)22-13-15-11-18(27-2)20(25)19(12-15)28-3/h4-8,11-12,14,25H,9-10,13H2,1-3H3,(H,22,23). The molecule has 7 nitrogen and oxygen atoms in total. The summed E-state index contributed by atoms with van der Waals surface area (Å²) in [5.41, 5.74) is 3.00. The van der Waals surface area contributed by atoms with E-state index in [0.29, 0.717) is 31.2 Å². The van der Waals surface area contributed by atoms with Crippen LogP contribution >= 0.6 is 0 Å². The lowest BCUT2D eigenvalue weighted by molar-refractivity contribution is 0.188. The first-order chi connectivity index (χ1) is 13.7. The maximum atomic E-state index is 10.1. The highest BCUT2D eigenvalue weighted by molar-refractivity contribution is 5.61. The van der Waals surface area contributed by atoms with Crippen molar-refractivity contribution < 1.29 is 19.3 Å². The second-order valence-corrected chi connectivity index (χ2v) is 6.18. The summed E-state index contributed by atoms with van der Waals surface area (Å²) in [6.45, 7) is 1.74. The summed E-state index contributed by atoms with van der Waals surface area (Å²) in [7, 11) is 4.70. The van der Waals surface area contributed by atoms with Crippen molar-refractivity contribution in [2.45, 2.75) is 13.1 Å². The van der Waals surface area contributed by atoms with Gasteiger partial charge in [-0.2, -0.15) is 0 Å². The lowest BCUT2D eigenvalue weighted by atomic mass is 10.1. The first-order valence-electron chi connectivity index (χ1n) is 8.95. The number of methoxy groups -OCH3 is 3. The number of ether oxygens (including phenoxy) is 3. The van der Waals surface area contributed by atoms with E-state index in [1.54, 1.807) is 19.2 Å². The summed E-state index contributed by atoms with van der Waals surface area (Å²) in [4.78, 5) is 4.55. The monoisotopic (exact) mass is 383 g/mol. The number of rotatable bonds is 9. The van der Waals surface area contributed by atoms with Gasteiger partial charge in [-0.3, -0.25) is 0 Å². The van der Waals surface area contributed by atoms with Gasteiger partial charge >= 0.3 is 0 Å². The molecule has 28 heavy (non-hydrogen) atoms. The molecule has 0 aliphatic rings. The van der Waals surface area contributed by atoms with Crippen molar-refractivity contribution in [1.82, 2.24) is 9.55 Å². The minimum Gasteiger partial charge on any atom is -0.502 e. The highest BCUT2D eigenvalue weighted by Crippen LogP contribution is 2.37. The lowest BCUT2D eigenvalue weighted by Gasteiger charge is -2.14. The Hall–Kier alpha value is -3.19. The first kappa shape index (κ1) is 19.6. The predicted molar refractivity (Wildman–Crippen MR) is 108 cm³/mol. The van der Waals surface area contributed by atoms with Gasteiger partial charge in [-0.15, -0.1) is 0 Å². The molecule has 0 spiro atoms. The van der Waals surface area contributed by atoms with Crippen molar-refractivity contribution in [2.75, 3.05) is 33.3 Å². The molecule has 2 N–H and O–H groups in total. The molecule has 2 aromatic carbocycles. The van der Waals surface area contributed by atoms with Crippen LogP contribution in [-0.2, 0) is 17.8 Å². The summed E-state index contributed by atoms with van der Waals surface area (Å²) >= 11 is 0. The van der Waals surface area contributed by atoms with E-state index in [2.05, 4.69) is 27.0 Å². The number of nitrogens with zero attached hydrogens (tertiary/aromatic N) is 2. The van der Waals surface area contributed by atoms with Gasteiger partial charge in [-0.25, -0.2) is 4.98 Å². The van der Waals surface area contributed by atoms with Crippen LogP contribution < -0.4 is 14.8 Å². The summed E-state index contributed by atoms with van der Waals surface area (Å²) in [6, 6.07) is 13.6. The van der Waals surface area contributed by atoms with Gasteiger partial charge < -0.3 is 29.2 Å². The van der Waals surface area contributed by atoms with Gasteiger partial charge in [-0.05, 0) is 23.3 Å². The molecule has 7 heteroatoms. The summed E-state index contributed by atoms with van der Waals surface area (Å²) in [5.74, 6) is 1.45. The van der Waals surface area contributed by atoms with E-state index in [1.807, 2.05) is 24.4 Å². The van der Waals surface area contributed by atoms with Crippen LogP contribution in [0.4, 0.5) is 5.95 Å². The molecule has 0 saturated heterocycles. The Balaban J connectivity index is 1.85. The molecule has 0 atom stereocenters. The number of phenols is 1. The zero-order valence-electron chi connectivity index (χ0n) is 16.3. The van der Waals surface area contributed by atoms with Gasteiger partial charge in [0.2, 0.25) is 11.7 Å². The molecule has 0 fully saturated rings. The molecule has 0 bridgehead atoms. The van der Waals surface area contributed by atoms with Gasteiger partial charge in [0.15, 0.2) is 11.5 Å². The number of hydrogen-bond acceptors (Lipinski definition) is 6. The maximum Gasteiger partial charge on any atom is 0.203 e. The minimum atomic E-state index is -0.0123. The SMILES string of the molecule is COCCn1c(-c2ccccc2)cnc1NCc1cc(OC)c(O)c(OC)c1. The van der Waals surface area contributed by atoms with E-state index in [-0.39, 0.29) is 5.75 Å². The van der Waals surface area contributed by atoms with Crippen LogP contribution in [0.25, 0.3) is 11.3 Å². The number of hydrogen-bond donors (Lipinski definition) is 2. The van der Waals surface area contributed by atoms with E-state index < -0.39 is 0 Å². The lowest BCUT2D eigenvalue weighted by Crippen LogP contribution is -2.12. The molecule has 3 rings (SSSR count). The van der Waals surface area contributed by atoms with E-state index in [1.165, 1.54) is 14.2 Å². The number of aromatic nitrogens is 2. The van der Waals surface area contributed by atoms with Crippen molar-refractivity contribution in [2.24, 2.45) is 0 Å². The largest absolute Gasteiger partial charge is 0.502 e. The molecule has 0 radical (unpaired) electrons. The third-order valence-corrected chi connectivity index (χ3v) is 4.43.